The Morgan fingerprint density at radius 3 is 2.61 bits per heavy atom. The van der Waals surface area contributed by atoms with Gasteiger partial charge in [-0.1, -0.05) is 0 Å². The van der Waals surface area contributed by atoms with Crippen LogP contribution in [0.15, 0.2) is 36.4 Å². The van der Waals surface area contributed by atoms with Crippen LogP contribution < -0.4 is 15.4 Å². The van der Waals surface area contributed by atoms with Crippen molar-refractivity contribution in [2.45, 2.75) is 6.54 Å². The van der Waals surface area contributed by atoms with Crippen molar-refractivity contribution in [1.82, 2.24) is 10.6 Å². The van der Waals surface area contributed by atoms with E-state index in [0.29, 0.717) is 26.2 Å². The molecular formula is C17H22N2O3S. The molecule has 0 unspecified atom stereocenters. The monoisotopic (exact) mass is 334 g/mol. The third-order valence-corrected chi connectivity index (χ3v) is 4.40. The molecule has 124 valence electrons. The first-order chi connectivity index (χ1) is 11.2. The van der Waals surface area contributed by atoms with E-state index >= 15 is 0 Å². The summed E-state index contributed by atoms with van der Waals surface area (Å²) < 4.78 is 10.1. The maximum absolute atomic E-state index is 11.7. The fraction of sp³-hybridized carbons (Fsp3) is 0.353. The van der Waals surface area contributed by atoms with Crippen molar-refractivity contribution in [1.29, 1.82) is 0 Å². The fourth-order valence-corrected chi connectivity index (χ4v) is 2.96. The molecule has 0 saturated carbocycles. The standard InChI is InChI=1S/C17H22N2O3S/c1-21-10-9-18-12-17(20)19-11-15-7-8-16(23-15)13-3-5-14(22-2)6-4-13/h3-8,18H,9-12H2,1-2H3,(H,19,20). The Balaban J connectivity index is 1.81. The summed E-state index contributed by atoms with van der Waals surface area (Å²) in [6, 6.07) is 12.1. The van der Waals surface area contributed by atoms with E-state index in [-0.39, 0.29) is 5.91 Å². The molecule has 1 aromatic heterocycles. The normalized spacial score (nSPS) is 10.5. The van der Waals surface area contributed by atoms with E-state index in [1.807, 2.05) is 30.3 Å². The quantitative estimate of drug-likeness (QED) is 0.691. The van der Waals surface area contributed by atoms with Crippen molar-refractivity contribution in [3.63, 3.8) is 0 Å². The number of rotatable bonds is 9. The zero-order valence-electron chi connectivity index (χ0n) is 13.4. The van der Waals surface area contributed by atoms with Gasteiger partial charge in [-0.05, 0) is 42.0 Å². The van der Waals surface area contributed by atoms with E-state index in [4.69, 9.17) is 9.47 Å². The van der Waals surface area contributed by atoms with Crippen LogP contribution in [0.25, 0.3) is 10.4 Å². The summed E-state index contributed by atoms with van der Waals surface area (Å²) in [5, 5.41) is 5.93. The number of carbonyl (C=O) groups is 1. The van der Waals surface area contributed by atoms with Gasteiger partial charge in [0.05, 0.1) is 26.8 Å². The van der Waals surface area contributed by atoms with Crippen molar-refractivity contribution in [2.24, 2.45) is 0 Å². The van der Waals surface area contributed by atoms with Crippen LogP contribution in [0.3, 0.4) is 0 Å². The van der Waals surface area contributed by atoms with Crippen molar-refractivity contribution in [2.75, 3.05) is 33.9 Å². The van der Waals surface area contributed by atoms with E-state index < -0.39 is 0 Å². The minimum absolute atomic E-state index is 0.0134. The van der Waals surface area contributed by atoms with Gasteiger partial charge in [-0.3, -0.25) is 4.79 Å². The van der Waals surface area contributed by atoms with Crippen LogP contribution in [-0.4, -0.2) is 39.8 Å². The lowest BCUT2D eigenvalue weighted by Gasteiger charge is -2.05. The average Bonchev–Trinajstić information content (AvgIpc) is 3.06. The number of benzene rings is 1. The molecule has 5 nitrogen and oxygen atoms in total. The van der Waals surface area contributed by atoms with Crippen LogP contribution in [0, 0.1) is 0 Å². The Morgan fingerprint density at radius 1 is 1.13 bits per heavy atom. The fourth-order valence-electron chi connectivity index (χ4n) is 2.01. The third kappa shape index (κ3) is 5.67. The second-order valence-corrected chi connectivity index (χ2v) is 6.11. The lowest BCUT2D eigenvalue weighted by Crippen LogP contribution is -2.34. The Labute approximate surface area is 140 Å². The minimum atomic E-state index is -0.0134. The number of hydrogen-bond acceptors (Lipinski definition) is 5. The van der Waals surface area contributed by atoms with Crippen LogP contribution >= 0.6 is 11.3 Å². The number of carbonyl (C=O) groups excluding carboxylic acids is 1. The van der Waals surface area contributed by atoms with Gasteiger partial charge in [0.15, 0.2) is 0 Å². The molecule has 0 atom stereocenters. The smallest absolute Gasteiger partial charge is 0.234 e. The Bertz CT molecular complexity index is 611. The number of thiophene rings is 1. The molecule has 1 aromatic carbocycles. The largest absolute Gasteiger partial charge is 0.497 e. The van der Waals surface area contributed by atoms with Gasteiger partial charge in [-0.15, -0.1) is 11.3 Å². The highest BCUT2D eigenvalue weighted by atomic mass is 32.1. The first kappa shape index (κ1) is 17.5. The Hall–Kier alpha value is -1.89. The second-order valence-electron chi connectivity index (χ2n) is 4.94. The summed E-state index contributed by atoms with van der Waals surface area (Å²) in [5.74, 6) is 0.833. The topological polar surface area (TPSA) is 59.6 Å². The molecule has 0 aliphatic carbocycles. The number of nitrogens with one attached hydrogen (secondary N) is 2. The maximum Gasteiger partial charge on any atom is 0.234 e. The second kappa shape index (κ2) is 9.29. The van der Waals surface area contributed by atoms with Crippen molar-refractivity contribution in [3.8, 4) is 16.2 Å². The zero-order valence-corrected chi connectivity index (χ0v) is 14.2. The molecule has 0 radical (unpaired) electrons. The minimum Gasteiger partial charge on any atom is -0.497 e. The molecular weight excluding hydrogens is 312 g/mol. The molecule has 0 spiro atoms. The van der Waals surface area contributed by atoms with Gasteiger partial charge in [0.25, 0.3) is 0 Å². The molecule has 2 aromatic rings. The van der Waals surface area contributed by atoms with E-state index in [9.17, 15) is 4.79 Å². The van der Waals surface area contributed by atoms with Crippen LogP contribution in [0.1, 0.15) is 4.88 Å². The highest BCUT2D eigenvalue weighted by Gasteiger charge is 2.05. The van der Waals surface area contributed by atoms with E-state index in [0.717, 1.165) is 16.2 Å². The van der Waals surface area contributed by atoms with Gasteiger partial charge in [0.1, 0.15) is 5.75 Å². The molecule has 1 amide bonds. The first-order valence-corrected chi connectivity index (χ1v) is 8.24. The van der Waals surface area contributed by atoms with Gasteiger partial charge in [0, 0.05) is 23.4 Å². The van der Waals surface area contributed by atoms with Crippen molar-refractivity contribution < 1.29 is 14.3 Å². The maximum atomic E-state index is 11.7. The molecule has 23 heavy (non-hydrogen) atoms. The van der Waals surface area contributed by atoms with Crippen LogP contribution in [0.5, 0.6) is 5.75 Å². The Morgan fingerprint density at radius 2 is 1.91 bits per heavy atom. The summed E-state index contributed by atoms with van der Waals surface area (Å²) in [6.45, 7) is 2.12. The van der Waals surface area contributed by atoms with E-state index in [1.54, 1.807) is 25.6 Å². The van der Waals surface area contributed by atoms with E-state index in [2.05, 4.69) is 16.7 Å². The predicted octanol–water partition coefficient (Wildman–Crippen LogP) is 2.28. The molecule has 6 heteroatoms. The lowest BCUT2D eigenvalue weighted by atomic mass is 10.2. The zero-order chi connectivity index (χ0) is 16.5. The Kier molecular flexibility index (Phi) is 7.06. The predicted molar refractivity (Wildman–Crippen MR) is 92.9 cm³/mol. The molecule has 0 aliphatic heterocycles. The SMILES string of the molecule is COCCNCC(=O)NCc1ccc(-c2ccc(OC)cc2)s1. The molecule has 2 rings (SSSR count). The molecule has 0 saturated heterocycles. The van der Waals surface area contributed by atoms with Gasteiger partial charge in [-0.2, -0.15) is 0 Å². The van der Waals surface area contributed by atoms with Crippen molar-refractivity contribution in [3.05, 3.63) is 41.3 Å². The third-order valence-electron chi connectivity index (χ3n) is 3.26. The van der Waals surface area contributed by atoms with Gasteiger partial charge in [0.2, 0.25) is 5.91 Å². The van der Waals surface area contributed by atoms with Gasteiger partial charge >= 0.3 is 0 Å². The van der Waals surface area contributed by atoms with Gasteiger partial charge < -0.3 is 20.1 Å². The van der Waals surface area contributed by atoms with Gasteiger partial charge in [-0.25, -0.2) is 0 Å². The summed E-state index contributed by atoms with van der Waals surface area (Å²) in [5.41, 5.74) is 1.15. The summed E-state index contributed by atoms with van der Waals surface area (Å²) in [6.07, 6.45) is 0. The summed E-state index contributed by atoms with van der Waals surface area (Å²) in [7, 11) is 3.30. The first-order valence-electron chi connectivity index (χ1n) is 7.42. The molecule has 0 bridgehead atoms. The van der Waals surface area contributed by atoms with Crippen LogP contribution in [0.2, 0.25) is 0 Å². The highest BCUT2D eigenvalue weighted by Crippen LogP contribution is 2.29. The summed E-state index contributed by atoms with van der Waals surface area (Å²) >= 11 is 1.68. The molecule has 1 heterocycles. The molecule has 0 fully saturated rings. The lowest BCUT2D eigenvalue weighted by molar-refractivity contribution is -0.120. The molecule has 0 aliphatic rings. The number of hydrogen-bond donors (Lipinski definition) is 2. The van der Waals surface area contributed by atoms with Crippen LogP contribution in [-0.2, 0) is 16.1 Å². The average molecular weight is 334 g/mol. The number of ether oxygens (including phenoxy) is 2. The van der Waals surface area contributed by atoms with E-state index in [1.165, 1.54) is 4.88 Å². The van der Waals surface area contributed by atoms with Crippen LogP contribution in [0.4, 0.5) is 0 Å². The summed E-state index contributed by atoms with van der Waals surface area (Å²) in [4.78, 5) is 14.0. The van der Waals surface area contributed by atoms with Crippen molar-refractivity contribution >= 4 is 17.2 Å². The molecule has 2 N–H and O–H groups in total. The number of amides is 1. The number of methoxy groups -OCH3 is 2. The highest BCUT2D eigenvalue weighted by molar-refractivity contribution is 7.15.